The molecular weight excluding hydrogens is 277 g/mol. The minimum Gasteiger partial charge on any atom is -0.252 e. The zero-order valence-electron chi connectivity index (χ0n) is 9.95. The van der Waals surface area contributed by atoms with Gasteiger partial charge in [-0.2, -0.15) is 0 Å². The normalized spacial score (nSPS) is 15.8. The zero-order valence-corrected chi connectivity index (χ0v) is 11.5. The number of hydrogen-bond donors (Lipinski definition) is 0. The van der Waals surface area contributed by atoms with E-state index in [2.05, 4.69) is 11.1 Å². The first-order chi connectivity index (χ1) is 9.24. The number of aliphatic imine (C=N–C) groups is 1. The Labute approximate surface area is 121 Å². The van der Waals surface area contributed by atoms with Gasteiger partial charge in [0.15, 0.2) is 0 Å². The molecule has 1 aliphatic heterocycles. The van der Waals surface area contributed by atoms with Gasteiger partial charge in [0.05, 0.1) is 16.4 Å². The highest BCUT2D eigenvalue weighted by molar-refractivity contribution is 6.59. The molecule has 19 heavy (non-hydrogen) atoms. The van der Waals surface area contributed by atoms with Crippen molar-refractivity contribution >= 4 is 45.2 Å². The second-order valence-corrected chi connectivity index (χ2v) is 5.56. The van der Waals surface area contributed by atoms with E-state index in [4.69, 9.17) is 23.2 Å². The second-order valence-electron chi connectivity index (χ2n) is 4.74. The molecule has 1 aliphatic carbocycles. The SMILES string of the molecule is ClC1=C2C(=Nc3ccccc32)Cc2cc(Cl)ccc21. The van der Waals surface area contributed by atoms with Gasteiger partial charge in [-0.05, 0) is 29.3 Å². The maximum atomic E-state index is 6.58. The highest BCUT2D eigenvalue weighted by Gasteiger charge is 2.29. The van der Waals surface area contributed by atoms with E-state index in [1.165, 1.54) is 0 Å². The summed E-state index contributed by atoms with van der Waals surface area (Å²) in [6, 6.07) is 14.0. The summed E-state index contributed by atoms with van der Waals surface area (Å²) in [4.78, 5) is 4.68. The number of halogens is 2. The van der Waals surface area contributed by atoms with Gasteiger partial charge in [0, 0.05) is 22.6 Å². The summed E-state index contributed by atoms with van der Waals surface area (Å²) in [6.45, 7) is 0. The number of nitrogens with zero attached hydrogens (tertiary/aromatic N) is 1. The van der Waals surface area contributed by atoms with Crippen molar-refractivity contribution < 1.29 is 0 Å². The Morgan fingerprint density at radius 2 is 1.79 bits per heavy atom. The van der Waals surface area contributed by atoms with Gasteiger partial charge in [-0.1, -0.05) is 47.5 Å². The fraction of sp³-hybridized carbons (Fsp3) is 0.0625. The summed E-state index contributed by atoms with van der Waals surface area (Å²) < 4.78 is 0. The van der Waals surface area contributed by atoms with Gasteiger partial charge in [-0.3, -0.25) is 4.99 Å². The van der Waals surface area contributed by atoms with Crippen molar-refractivity contribution in [3.63, 3.8) is 0 Å². The monoisotopic (exact) mass is 285 g/mol. The van der Waals surface area contributed by atoms with E-state index < -0.39 is 0 Å². The summed E-state index contributed by atoms with van der Waals surface area (Å²) in [7, 11) is 0. The molecule has 1 nitrogen and oxygen atoms in total. The molecule has 3 heteroatoms. The van der Waals surface area contributed by atoms with Crippen LogP contribution in [0.1, 0.15) is 16.7 Å². The Balaban J connectivity index is 2.01. The number of benzene rings is 2. The van der Waals surface area contributed by atoms with E-state index in [-0.39, 0.29) is 0 Å². The standard InChI is InChI=1S/C16H9Cl2N/c17-10-5-6-11-9(7-10)8-14-15(16(11)18)12-3-1-2-4-13(12)19-14/h1-7H,8H2. The maximum Gasteiger partial charge on any atom is 0.0712 e. The van der Waals surface area contributed by atoms with Crippen LogP contribution >= 0.6 is 23.2 Å². The van der Waals surface area contributed by atoms with Crippen LogP contribution in [0.2, 0.25) is 5.02 Å². The largest absolute Gasteiger partial charge is 0.252 e. The van der Waals surface area contributed by atoms with Crippen molar-refractivity contribution in [2.75, 3.05) is 0 Å². The number of rotatable bonds is 0. The molecule has 0 saturated carbocycles. The van der Waals surface area contributed by atoms with Crippen LogP contribution in [0.15, 0.2) is 47.5 Å². The number of para-hydroxylation sites is 1. The van der Waals surface area contributed by atoms with E-state index in [0.717, 1.165) is 50.1 Å². The summed E-state index contributed by atoms with van der Waals surface area (Å²) in [6.07, 6.45) is 0.788. The molecule has 0 atom stereocenters. The Hall–Kier alpha value is -1.57. The van der Waals surface area contributed by atoms with E-state index in [1.54, 1.807) is 0 Å². The van der Waals surface area contributed by atoms with Gasteiger partial charge < -0.3 is 0 Å². The predicted molar refractivity (Wildman–Crippen MR) is 81.4 cm³/mol. The molecular formula is C16H9Cl2N. The average molecular weight is 286 g/mol. The predicted octanol–water partition coefficient (Wildman–Crippen LogP) is 5.09. The molecule has 2 aromatic rings. The van der Waals surface area contributed by atoms with Gasteiger partial charge in [-0.15, -0.1) is 0 Å². The molecule has 0 amide bonds. The second kappa shape index (κ2) is 3.96. The van der Waals surface area contributed by atoms with Crippen molar-refractivity contribution in [1.29, 1.82) is 0 Å². The molecule has 0 radical (unpaired) electrons. The topological polar surface area (TPSA) is 12.4 Å². The van der Waals surface area contributed by atoms with Gasteiger partial charge in [0.25, 0.3) is 0 Å². The van der Waals surface area contributed by atoms with Crippen molar-refractivity contribution in [3.8, 4) is 0 Å². The highest BCUT2D eigenvalue weighted by Crippen LogP contribution is 2.45. The van der Waals surface area contributed by atoms with E-state index in [0.29, 0.717) is 0 Å². The maximum absolute atomic E-state index is 6.58. The van der Waals surface area contributed by atoms with E-state index in [1.807, 2.05) is 36.4 Å². The molecule has 0 saturated heterocycles. The lowest BCUT2D eigenvalue weighted by Crippen LogP contribution is -2.11. The van der Waals surface area contributed by atoms with Crippen LogP contribution < -0.4 is 0 Å². The Morgan fingerprint density at radius 1 is 0.947 bits per heavy atom. The highest BCUT2D eigenvalue weighted by atomic mass is 35.5. The molecule has 2 aliphatic rings. The number of allylic oxidation sites excluding steroid dienone is 1. The number of fused-ring (bicyclic) bond motifs is 4. The molecule has 92 valence electrons. The zero-order chi connectivity index (χ0) is 13.0. The number of hydrogen-bond acceptors (Lipinski definition) is 1. The Kier molecular flexibility index (Phi) is 2.35. The molecule has 1 heterocycles. The van der Waals surface area contributed by atoms with Crippen LogP contribution in [0, 0.1) is 0 Å². The van der Waals surface area contributed by atoms with Crippen LogP contribution in [0.25, 0.3) is 10.6 Å². The third kappa shape index (κ3) is 1.59. The van der Waals surface area contributed by atoms with Crippen LogP contribution in [0.5, 0.6) is 0 Å². The fourth-order valence-electron chi connectivity index (χ4n) is 2.75. The lowest BCUT2D eigenvalue weighted by molar-refractivity contribution is 1.30. The molecule has 0 N–H and O–H groups in total. The summed E-state index contributed by atoms with van der Waals surface area (Å²) in [5, 5.41) is 1.52. The van der Waals surface area contributed by atoms with Crippen molar-refractivity contribution in [1.82, 2.24) is 0 Å². The fourth-order valence-corrected chi connectivity index (χ4v) is 3.34. The van der Waals surface area contributed by atoms with Gasteiger partial charge in [0.1, 0.15) is 0 Å². The Morgan fingerprint density at radius 3 is 2.68 bits per heavy atom. The van der Waals surface area contributed by atoms with Crippen LogP contribution in [0.4, 0.5) is 5.69 Å². The van der Waals surface area contributed by atoms with E-state index in [9.17, 15) is 0 Å². The van der Waals surface area contributed by atoms with Crippen LogP contribution in [-0.2, 0) is 6.42 Å². The molecule has 0 unspecified atom stereocenters. The van der Waals surface area contributed by atoms with Crippen molar-refractivity contribution in [2.45, 2.75) is 6.42 Å². The van der Waals surface area contributed by atoms with Crippen molar-refractivity contribution in [3.05, 3.63) is 64.2 Å². The lowest BCUT2D eigenvalue weighted by atomic mass is 9.88. The first-order valence-electron chi connectivity index (χ1n) is 6.10. The molecule has 4 rings (SSSR count). The summed E-state index contributed by atoms with van der Waals surface area (Å²) >= 11 is 12.6. The Bertz CT molecular complexity index is 772. The van der Waals surface area contributed by atoms with Crippen molar-refractivity contribution in [2.24, 2.45) is 4.99 Å². The molecule has 0 bridgehead atoms. The first-order valence-corrected chi connectivity index (χ1v) is 6.85. The average Bonchev–Trinajstić information content (AvgIpc) is 2.76. The minimum absolute atomic E-state index is 0.739. The summed E-state index contributed by atoms with van der Waals surface area (Å²) in [5.41, 5.74) is 6.46. The molecule has 0 aromatic heterocycles. The van der Waals surface area contributed by atoms with Gasteiger partial charge in [-0.25, -0.2) is 0 Å². The van der Waals surface area contributed by atoms with Crippen LogP contribution in [-0.4, -0.2) is 5.71 Å². The molecule has 0 fully saturated rings. The first kappa shape index (κ1) is 11.3. The minimum atomic E-state index is 0.739. The third-order valence-corrected chi connectivity index (χ3v) is 4.23. The third-order valence-electron chi connectivity index (χ3n) is 3.60. The van der Waals surface area contributed by atoms with Gasteiger partial charge in [0.2, 0.25) is 0 Å². The lowest BCUT2D eigenvalue weighted by Gasteiger charge is -2.18. The summed E-state index contributed by atoms with van der Waals surface area (Å²) in [5.74, 6) is 0. The van der Waals surface area contributed by atoms with E-state index >= 15 is 0 Å². The molecule has 0 spiro atoms. The quantitative estimate of drug-likeness (QED) is 0.639. The molecule has 2 aromatic carbocycles. The smallest absolute Gasteiger partial charge is 0.0712 e. The van der Waals surface area contributed by atoms with Gasteiger partial charge >= 0.3 is 0 Å². The van der Waals surface area contributed by atoms with Crippen LogP contribution in [0.3, 0.4) is 0 Å².